The molecule has 0 fully saturated rings. The second-order valence-electron chi connectivity index (χ2n) is 3.38. The SMILES string of the molecule is COCOc1cc(C(=O)OC)cc(OCOC)c1Br. The molecule has 0 spiro atoms. The summed E-state index contributed by atoms with van der Waals surface area (Å²) in [6, 6.07) is 3.07. The van der Waals surface area contributed by atoms with E-state index in [1.807, 2.05) is 0 Å². The zero-order chi connectivity index (χ0) is 14.3. The van der Waals surface area contributed by atoms with Gasteiger partial charge in [0.25, 0.3) is 0 Å². The maximum Gasteiger partial charge on any atom is 0.338 e. The third kappa shape index (κ3) is 4.38. The van der Waals surface area contributed by atoms with E-state index in [1.54, 1.807) is 0 Å². The summed E-state index contributed by atoms with van der Waals surface area (Å²) < 4.78 is 25.6. The lowest BCUT2D eigenvalue weighted by atomic mass is 10.2. The van der Waals surface area contributed by atoms with Crippen LogP contribution in [0.2, 0.25) is 0 Å². The van der Waals surface area contributed by atoms with Crippen LogP contribution < -0.4 is 9.47 Å². The Labute approximate surface area is 119 Å². The molecule has 0 N–H and O–H groups in total. The van der Waals surface area contributed by atoms with E-state index in [9.17, 15) is 4.79 Å². The normalized spacial score (nSPS) is 10.1. The van der Waals surface area contributed by atoms with E-state index in [4.69, 9.17) is 18.9 Å². The van der Waals surface area contributed by atoms with E-state index in [0.717, 1.165) is 0 Å². The number of halogens is 1. The molecule has 0 amide bonds. The zero-order valence-corrected chi connectivity index (χ0v) is 12.5. The molecule has 1 aromatic rings. The van der Waals surface area contributed by atoms with Crippen molar-refractivity contribution in [3.05, 3.63) is 22.2 Å². The van der Waals surface area contributed by atoms with Crippen LogP contribution in [0.3, 0.4) is 0 Å². The number of methoxy groups -OCH3 is 3. The van der Waals surface area contributed by atoms with Crippen molar-refractivity contribution in [2.75, 3.05) is 34.9 Å². The quantitative estimate of drug-likeness (QED) is 0.562. The molecule has 0 bridgehead atoms. The first-order chi connectivity index (χ1) is 9.13. The maximum absolute atomic E-state index is 11.6. The molecule has 0 aliphatic carbocycles. The van der Waals surface area contributed by atoms with E-state index >= 15 is 0 Å². The molecule has 0 saturated heterocycles. The molecule has 106 valence electrons. The first-order valence-corrected chi connectivity index (χ1v) is 6.08. The van der Waals surface area contributed by atoms with Gasteiger partial charge in [-0.25, -0.2) is 4.79 Å². The lowest BCUT2D eigenvalue weighted by Gasteiger charge is -2.13. The first kappa shape index (κ1) is 15.7. The number of carbonyl (C=O) groups excluding carboxylic acids is 1. The average Bonchev–Trinajstić information content (AvgIpc) is 2.44. The summed E-state index contributed by atoms with van der Waals surface area (Å²) in [5.74, 6) is 0.337. The average molecular weight is 335 g/mol. The van der Waals surface area contributed by atoms with E-state index in [-0.39, 0.29) is 13.6 Å². The van der Waals surface area contributed by atoms with Crippen LogP contribution in [-0.2, 0) is 14.2 Å². The predicted molar refractivity (Wildman–Crippen MR) is 70.5 cm³/mol. The summed E-state index contributed by atoms with van der Waals surface area (Å²) in [5.41, 5.74) is 0.308. The predicted octanol–water partition coefficient (Wildman–Crippen LogP) is 2.20. The number of ether oxygens (including phenoxy) is 5. The van der Waals surface area contributed by atoms with Gasteiger partial charge in [0, 0.05) is 14.2 Å². The standard InChI is InChI=1S/C12H15BrO6/c1-15-6-18-9-4-8(12(14)17-3)5-10(11(9)13)19-7-16-2/h4-5H,6-7H2,1-3H3. The Morgan fingerprint density at radius 2 is 1.53 bits per heavy atom. The highest BCUT2D eigenvalue weighted by molar-refractivity contribution is 9.10. The zero-order valence-electron chi connectivity index (χ0n) is 10.9. The summed E-state index contributed by atoms with van der Waals surface area (Å²) in [4.78, 5) is 11.6. The van der Waals surface area contributed by atoms with Crippen molar-refractivity contribution < 1.29 is 28.5 Å². The van der Waals surface area contributed by atoms with E-state index in [0.29, 0.717) is 21.5 Å². The summed E-state index contributed by atoms with van der Waals surface area (Å²) in [6.07, 6.45) is 0. The highest BCUT2D eigenvalue weighted by Crippen LogP contribution is 2.36. The molecule has 0 aromatic heterocycles. The minimum absolute atomic E-state index is 0.0486. The smallest absolute Gasteiger partial charge is 0.338 e. The lowest BCUT2D eigenvalue weighted by molar-refractivity contribution is 0.0440. The number of esters is 1. The molecular weight excluding hydrogens is 320 g/mol. The second kappa shape index (κ2) is 7.98. The third-order valence-corrected chi connectivity index (χ3v) is 2.87. The highest BCUT2D eigenvalue weighted by atomic mass is 79.9. The molecule has 0 aliphatic rings. The van der Waals surface area contributed by atoms with Crippen LogP contribution in [0.4, 0.5) is 0 Å². The molecule has 7 heteroatoms. The first-order valence-electron chi connectivity index (χ1n) is 5.29. The molecule has 1 rings (SSSR count). The van der Waals surface area contributed by atoms with Crippen LogP contribution in [0.5, 0.6) is 11.5 Å². The summed E-state index contributed by atoms with van der Waals surface area (Å²) in [7, 11) is 4.30. The number of hydrogen-bond donors (Lipinski definition) is 0. The molecule has 0 unspecified atom stereocenters. The Balaban J connectivity index is 3.09. The Morgan fingerprint density at radius 3 is 1.89 bits per heavy atom. The minimum atomic E-state index is -0.489. The van der Waals surface area contributed by atoms with E-state index in [1.165, 1.54) is 33.5 Å². The summed E-state index contributed by atoms with van der Waals surface area (Å²) in [5, 5.41) is 0. The Hall–Kier alpha value is -1.31. The molecule has 0 aliphatic heterocycles. The fourth-order valence-electron chi connectivity index (χ4n) is 1.26. The van der Waals surface area contributed by atoms with Crippen molar-refractivity contribution in [2.45, 2.75) is 0 Å². The molecule has 0 radical (unpaired) electrons. The van der Waals surface area contributed by atoms with Crippen molar-refractivity contribution >= 4 is 21.9 Å². The van der Waals surface area contributed by atoms with Crippen molar-refractivity contribution in [3.63, 3.8) is 0 Å². The molecule has 1 aromatic carbocycles. The van der Waals surface area contributed by atoms with Gasteiger partial charge in [0.1, 0.15) is 16.0 Å². The Kier molecular flexibility index (Phi) is 6.61. The maximum atomic E-state index is 11.6. The van der Waals surface area contributed by atoms with Crippen LogP contribution in [0.25, 0.3) is 0 Å². The highest BCUT2D eigenvalue weighted by Gasteiger charge is 2.16. The van der Waals surface area contributed by atoms with Crippen molar-refractivity contribution in [1.82, 2.24) is 0 Å². The van der Waals surface area contributed by atoms with Gasteiger partial charge in [0.15, 0.2) is 13.6 Å². The molecule has 6 nitrogen and oxygen atoms in total. The van der Waals surface area contributed by atoms with Crippen LogP contribution in [0.15, 0.2) is 16.6 Å². The van der Waals surface area contributed by atoms with E-state index < -0.39 is 5.97 Å². The van der Waals surface area contributed by atoms with Gasteiger partial charge < -0.3 is 23.7 Å². The molecule has 0 heterocycles. The van der Waals surface area contributed by atoms with Gasteiger partial charge in [-0.05, 0) is 28.1 Å². The van der Waals surface area contributed by atoms with Crippen LogP contribution in [0.1, 0.15) is 10.4 Å². The van der Waals surface area contributed by atoms with Crippen molar-refractivity contribution in [2.24, 2.45) is 0 Å². The number of rotatable bonds is 7. The van der Waals surface area contributed by atoms with Crippen LogP contribution in [-0.4, -0.2) is 40.9 Å². The molecule has 19 heavy (non-hydrogen) atoms. The second-order valence-corrected chi connectivity index (χ2v) is 4.17. The minimum Gasteiger partial charge on any atom is -0.466 e. The summed E-state index contributed by atoms with van der Waals surface area (Å²) in [6.45, 7) is 0.0971. The van der Waals surface area contributed by atoms with Crippen LogP contribution >= 0.6 is 15.9 Å². The Bertz CT molecular complexity index is 405. The van der Waals surface area contributed by atoms with Gasteiger partial charge in [-0.15, -0.1) is 0 Å². The van der Waals surface area contributed by atoms with Gasteiger partial charge in [0.05, 0.1) is 12.7 Å². The van der Waals surface area contributed by atoms with Crippen molar-refractivity contribution in [1.29, 1.82) is 0 Å². The molecule has 0 saturated carbocycles. The lowest BCUT2D eigenvalue weighted by Crippen LogP contribution is -2.07. The van der Waals surface area contributed by atoms with Gasteiger partial charge in [0.2, 0.25) is 0 Å². The number of carbonyl (C=O) groups is 1. The fraction of sp³-hybridized carbons (Fsp3) is 0.417. The number of hydrogen-bond acceptors (Lipinski definition) is 6. The van der Waals surface area contributed by atoms with E-state index in [2.05, 4.69) is 20.7 Å². The van der Waals surface area contributed by atoms with Gasteiger partial charge in [-0.1, -0.05) is 0 Å². The van der Waals surface area contributed by atoms with Gasteiger partial charge in [-0.2, -0.15) is 0 Å². The Morgan fingerprint density at radius 1 is 1.05 bits per heavy atom. The third-order valence-electron chi connectivity index (χ3n) is 2.09. The van der Waals surface area contributed by atoms with Gasteiger partial charge in [-0.3, -0.25) is 0 Å². The molecular formula is C12H15BrO6. The topological polar surface area (TPSA) is 63.2 Å². The van der Waals surface area contributed by atoms with Crippen LogP contribution in [0, 0.1) is 0 Å². The van der Waals surface area contributed by atoms with Crippen molar-refractivity contribution in [3.8, 4) is 11.5 Å². The monoisotopic (exact) mass is 334 g/mol. The largest absolute Gasteiger partial charge is 0.466 e. The van der Waals surface area contributed by atoms with Gasteiger partial charge >= 0.3 is 5.97 Å². The number of benzene rings is 1. The summed E-state index contributed by atoms with van der Waals surface area (Å²) >= 11 is 3.33. The molecule has 0 atom stereocenters. The fourth-order valence-corrected chi connectivity index (χ4v) is 1.72.